The SMILES string of the molecule is CC(=O)N[C@@H](Cc1cc(F)cc(F)c1)[C@@H](O)CNC1c2ccccc2-c2ccc(CC(C)(C)C)cc21. The molecular formula is C30H34F2N2O2. The normalized spacial score (nSPS) is 16.2. The molecule has 1 amide bonds. The summed E-state index contributed by atoms with van der Waals surface area (Å²) in [6.07, 6.45) is 0.0695. The van der Waals surface area contributed by atoms with E-state index in [9.17, 15) is 18.7 Å². The largest absolute Gasteiger partial charge is 0.390 e. The summed E-state index contributed by atoms with van der Waals surface area (Å²) in [5.74, 6) is -1.70. The Balaban J connectivity index is 1.56. The summed E-state index contributed by atoms with van der Waals surface area (Å²) in [6, 6.07) is 17.2. The Kier molecular flexibility index (Phi) is 7.57. The highest BCUT2D eigenvalue weighted by Gasteiger charge is 2.30. The highest BCUT2D eigenvalue weighted by Crippen LogP contribution is 2.44. The maximum Gasteiger partial charge on any atom is 0.217 e. The lowest BCUT2D eigenvalue weighted by atomic mass is 9.87. The van der Waals surface area contributed by atoms with Crippen LogP contribution in [0.5, 0.6) is 0 Å². The van der Waals surface area contributed by atoms with E-state index in [2.05, 4.69) is 61.7 Å². The average molecular weight is 493 g/mol. The number of hydrogen-bond donors (Lipinski definition) is 3. The Morgan fingerprint density at radius 3 is 2.28 bits per heavy atom. The van der Waals surface area contributed by atoms with E-state index in [1.807, 2.05) is 12.1 Å². The van der Waals surface area contributed by atoms with Crippen LogP contribution in [0.3, 0.4) is 0 Å². The van der Waals surface area contributed by atoms with Crippen LogP contribution >= 0.6 is 0 Å². The van der Waals surface area contributed by atoms with Gasteiger partial charge in [-0.3, -0.25) is 4.79 Å². The van der Waals surface area contributed by atoms with Crippen molar-refractivity contribution in [2.24, 2.45) is 5.41 Å². The smallest absolute Gasteiger partial charge is 0.217 e. The van der Waals surface area contributed by atoms with E-state index in [0.29, 0.717) is 5.56 Å². The summed E-state index contributed by atoms with van der Waals surface area (Å²) in [6.45, 7) is 8.19. The second kappa shape index (κ2) is 10.5. The quantitative estimate of drug-likeness (QED) is 0.399. The lowest BCUT2D eigenvalue weighted by molar-refractivity contribution is -0.120. The molecule has 0 saturated heterocycles. The molecule has 0 spiro atoms. The van der Waals surface area contributed by atoms with E-state index < -0.39 is 23.8 Å². The van der Waals surface area contributed by atoms with Gasteiger partial charge in [0, 0.05) is 19.5 Å². The van der Waals surface area contributed by atoms with Gasteiger partial charge in [-0.15, -0.1) is 0 Å². The average Bonchev–Trinajstić information content (AvgIpc) is 3.08. The summed E-state index contributed by atoms with van der Waals surface area (Å²) in [4.78, 5) is 11.8. The molecule has 6 heteroatoms. The van der Waals surface area contributed by atoms with Gasteiger partial charge in [-0.05, 0) is 63.8 Å². The van der Waals surface area contributed by atoms with Gasteiger partial charge in [0.15, 0.2) is 0 Å². The molecule has 3 aromatic carbocycles. The van der Waals surface area contributed by atoms with Crippen LogP contribution in [-0.2, 0) is 17.6 Å². The van der Waals surface area contributed by atoms with Gasteiger partial charge < -0.3 is 15.7 Å². The van der Waals surface area contributed by atoms with Gasteiger partial charge in [-0.2, -0.15) is 0 Å². The van der Waals surface area contributed by atoms with E-state index in [1.165, 1.54) is 30.2 Å². The third kappa shape index (κ3) is 6.18. The Labute approximate surface area is 211 Å². The molecule has 0 aromatic heterocycles. The van der Waals surface area contributed by atoms with Crippen molar-refractivity contribution >= 4 is 5.91 Å². The standard InChI is InChI=1S/C30H34F2N2O2/c1-18(35)34-27(14-20-11-21(31)15-22(32)12-20)28(36)17-33-29-25-8-6-5-7-23(25)24-10-9-19(13-26(24)29)16-30(2,3)4/h5-13,15,27-29,33,36H,14,16-17H2,1-4H3,(H,34,35)/t27-,28-,29?/m0/s1. The number of nitrogens with one attached hydrogen (secondary N) is 2. The second-order valence-corrected chi connectivity index (χ2v) is 10.9. The predicted octanol–water partition coefficient (Wildman–Crippen LogP) is 5.32. The topological polar surface area (TPSA) is 61.4 Å². The monoisotopic (exact) mass is 492 g/mol. The molecule has 0 fully saturated rings. The minimum absolute atomic E-state index is 0.102. The molecule has 4 rings (SSSR count). The van der Waals surface area contributed by atoms with Crippen molar-refractivity contribution in [1.82, 2.24) is 10.6 Å². The van der Waals surface area contributed by atoms with Crippen LogP contribution in [0.2, 0.25) is 0 Å². The number of aliphatic hydroxyl groups is 1. The number of amides is 1. The first kappa shape index (κ1) is 26.0. The first-order valence-electron chi connectivity index (χ1n) is 12.4. The van der Waals surface area contributed by atoms with Crippen molar-refractivity contribution in [2.75, 3.05) is 6.54 Å². The van der Waals surface area contributed by atoms with Crippen molar-refractivity contribution < 1.29 is 18.7 Å². The summed E-state index contributed by atoms with van der Waals surface area (Å²) in [7, 11) is 0. The van der Waals surface area contributed by atoms with Crippen molar-refractivity contribution in [3.8, 4) is 11.1 Å². The van der Waals surface area contributed by atoms with Gasteiger partial charge in [-0.25, -0.2) is 8.78 Å². The first-order chi connectivity index (χ1) is 17.0. The summed E-state index contributed by atoms with van der Waals surface area (Å²) in [5.41, 5.74) is 6.41. The summed E-state index contributed by atoms with van der Waals surface area (Å²) in [5, 5.41) is 17.3. The van der Waals surface area contributed by atoms with Crippen LogP contribution < -0.4 is 10.6 Å². The van der Waals surface area contributed by atoms with Crippen LogP contribution in [0, 0.1) is 17.0 Å². The lowest BCUT2D eigenvalue weighted by Gasteiger charge is -2.26. The molecule has 0 radical (unpaired) electrons. The van der Waals surface area contributed by atoms with E-state index >= 15 is 0 Å². The van der Waals surface area contributed by atoms with Gasteiger partial charge >= 0.3 is 0 Å². The van der Waals surface area contributed by atoms with Crippen molar-refractivity contribution in [3.63, 3.8) is 0 Å². The number of fused-ring (bicyclic) bond motifs is 3. The highest BCUT2D eigenvalue weighted by molar-refractivity contribution is 5.79. The molecule has 0 saturated carbocycles. The zero-order valence-corrected chi connectivity index (χ0v) is 21.2. The van der Waals surface area contributed by atoms with Crippen molar-refractivity contribution in [1.29, 1.82) is 0 Å². The molecule has 0 aliphatic heterocycles. The Morgan fingerprint density at radius 1 is 0.944 bits per heavy atom. The Bertz CT molecular complexity index is 1230. The molecule has 4 nitrogen and oxygen atoms in total. The molecule has 3 N–H and O–H groups in total. The fraction of sp³-hybridized carbons (Fsp3) is 0.367. The molecule has 0 heterocycles. The van der Waals surface area contributed by atoms with E-state index in [0.717, 1.165) is 29.2 Å². The molecule has 36 heavy (non-hydrogen) atoms. The fourth-order valence-corrected chi connectivity index (χ4v) is 5.11. The van der Waals surface area contributed by atoms with Crippen LogP contribution in [-0.4, -0.2) is 29.7 Å². The number of halogens is 2. The van der Waals surface area contributed by atoms with Gasteiger partial charge in [0.2, 0.25) is 5.91 Å². The summed E-state index contributed by atoms with van der Waals surface area (Å²) < 4.78 is 27.4. The number of hydrogen-bond acceptors (Lipinski definition) is 3. The number of carbonyl (C=O) groups excluding carboxylic acids is 1. The Morgan fingerprint density at radius 2 is 1.61 bits per heavy atom. The maximum absolute atomic E-state index is 13.7. The molecule has 1 aliphatic carbocycles. The van der Waals surface area contributed by atoms with Gasteiger partial charge in [0.05, 0.1) is 18.2 Å². The van der Waals surface area contributed by atoms with Crippen molar-refractivity contribution in [2.45, 2.75) is 58.7 Å². The minimum Gasteiger partial charge on any atom is -0.390 e. The molecule has 0 bridgehead atoms. The zero-order chi connectivity index (χ0) is 26.0. The molecule has 3 atom stereocenters. The van der Waals surface area contributed by atoms with Crippen LogP contribution in [0.1, 0.15) is 56.0 Å². The third-order valence-electron chi connectivity index (χ3n) is 6.49. The molecular weight excluding hydrogens is 458 g/mol. The fourth-order valence-electron chi connectivity index (χ4n) is 5.11. The van der Waals surface area contributed by atoms with Gasteiger partial charge in [0.25, 0.3) is 0 Å². The summed E-state index contributed by atoms with van der Waals surface area (Å²) >= 11 is 0. The predicted molar refractivity (Wildman–Crippen MR) is 139 cm³/mol. The number of aliphatic hydroxyl groups excluding tert-OH is 1. The first-order valence-corrected chi connectivity index (χ1v) is 12.4. The number of carbonyl (C=O) groups is 1. The second-order valence-electron chi connectivity index (χ2n) is 10.9. The van der Waals surface area contributed by atoms with Crippen molar-refractivity contribution in [3.05, 3.63) is 94.6 Å². The zero-order valence-electron chi connectivity index (χ0n) is 21.2. The van der Waals surface area contributed by atoms with E-state index in [1.54, 1.807) is 0 Å². The van der Waals surface area contributed by atoms with Gasteiger partial charge in [0.1, 0.15) is 11.6 Å². The molecule has 190 valence electrons. The van der Waals surface area contributed by atoms with E-state index in [-0.39, 0.29) is 30.3 Å². The van der Waals surface area contributed by atoms with Gasteiger partial charge in [-0.1, -0.05) is 63.2 Å². The number of rotatable bonds is 8. The lowest BCUT2D eigenvalue weighted by Crippen LogP contribution is -2.48. The molecule has 1 unspecified atom stereocenters. The van der Waals surface area contributed by atoms with E-state index in [4.69, 9.17) is 0 Å². The Hall–Kier alpha value is -3.09. The molecule has 3 aromatic rings. The third-order valence-corrected chi connectivity index (χ3v) is 6.49. The van der Waals surface area contributed by atoms with Crippen LogP contribution in [0.25, 0.3) is 11.1 Å². The minimum atomic E-state index is -0.978. The van der Waals surface area contributed by atoms with Crippen LogP contribution in [0.4, 0.5) is 8.78 Å². The molecule has 1 aliphatic rings. The maximum atomic E-state index is 13.7. The van der Waals surface area contributed by atoms with Crippen LogP contribution in [0.15, 0.2) is 60.7 Å². The number of benzene rings is 3. The highest BCUT2D eigenvalue weighted by atomic mass is 19.1.